The van der Waals surface area contributed by atoms with E-state index in [-0.39, 0.29) is 17.5 Å². The smallest absolute Gasteiger partial charge is 0.251 e. The van der Waals surface area contributed by atoms with Crippen molar-refractivity contribution in [2.24, 2.45) is 0 Å². The van der Waals surface area contributed by atoms with Crippen LogP contribution in [0.25, 0.3) is 0 Å². The van der Waals surface area contributed by atoms with Gasteiger partial charge in [0.1, 0.15) is 0 Å². The SMILES string of the molecule is CC(C)c1c(N)ccc(=O)n1C(C)C. The maximum Gasteiger partial charge on any atom is 0.251 e. The minimum atomic E-state index is 0.0258. The molecule has 0 amide bonds. The predicted molar refractivity (Wildman–Crippen MR) is 59.6 cm³/mol. The van der Waals surface area contributed by atoms with E-state index in [0.29, 0.717) is 5.69 Å². The lowest BCUT2D eigenvalue weighted by atomic mass is 10.1. The van der Waals surface area contributed by atoms with Gasteiger partial charge in [-0.15, -0.1) is 0 Å². The molecule has 0 spiro atoms. The lowest BCUT2D eigenvalue weighted by Gasteiger charge is -2.20. The fraction of sp³-hybridized carbons (Fsp3) is 0.545. The maximum atomic E-state index is 11.6. The Morgan fingerprint density at radius 2 is 1.79 bits per heavy atom. The van der Waals surface area contributed by atoms with E-state index in [9.17, 15) is 4.79 Å². The molecule has 3 heteroatoms. The minimum absolute atomic E-state index is 0.0258. The van der Waals surface area contributed by atoms with Crippen molar-refractivity contribution in [2.75, 3.05) is 5.73 Å². The number of nitrogens with two attached hydrogens (primary N) is 1. The zero-order valence-electron chi connectivity index (χ0n) is 9.24. The Morgan fingerprint density at radius 3 is 2.14 bits per heavy atom. The highest BCUT2D eigenvalue weighted by molar-refractivity contribution is 5.44. The third-order valence-electron chi connectivity index (χ3n) is 2.26. The summed E-state index contributed by atoms with van der Waals surface area (Å²) in [6, 6.07) is 3.38. The topological polar surface area (TPSA) is 48.0 Å². The molecule has 0 bridgehead atoms. The van der Waals surface area contributed by atoms with Crippen LogP contribution in [0.1, 0.15) is 45.3 Å². The summed E-state index contributed by atoms with van der Waals surface area (Å²) in [4.78, 5) is 11.6. The summed E-state index contributed by atoms with van der Waals surface area (Å²) in [6.07, 6.45) is 0. The first-order valence-electron chi connectivity index (χ1n) is 4.96. The number of hydrogen-bond acceptors (Lipinski definition) is 2. The summed E-state index contributed by atoms with van der Waals surface area (Å²) in [7, 11) is 0. The second kappa shape index (κ2) is 3.86. The van der Waals surface area contributed by atoms with Gasteiger partial charge in [0.15, 0.2) is 0 Å². The van der Waals surface area contributed by atoms with Gasteiger partial charge in [-0.2, -0.15) is 0 Å². The molecule has 1 rings (SSSR count). The highest BCUT2D eigenvalue weighted by atomic mass is 16.1. The van der Waals surface area contributed by atoms with Crippen molar-refractivity contribution in [1.82, 2.24) is 4.57 Å². The largest absolute Gasteiger partial charge is 0.397 e. The average Bonchev–Trinajstić information content (AvgIpc) is 2.07. The van der Waals surface area contributed by atoms with E-state index in [1.807, 2.05) is 27.7 Å². The van der Waals surface area contributed by atoms with Gasteiger partial charge >= 0.3 is 0 Å². The summed E-state index contributed by atoms with van der Waals surface area (Å²) in [5, 5.41) is 0. The Bertz CT molecular complexity index is 377. The lowest BCUT2D eigenvalue weighted by molar-refractivity contribution is 0.537. The summed E-state index contributed by atoms with van der Waals surface area (Å²) in [6.45, 7) is 8.08. The molecule has 0 aliphatic carbocycles. The Labute approximate surface area is 84.6 Å². The quantitative estimate of drug-likeness (QED) is 0.784. The van der Waals surface area contributed by atoms with E-state index in [2.05, 4.69) is 0 Å². The van der Waals surface area contributed by atoms with Crippen LogP contribution < -0.4 is 11.3 Å². The maximum absolute atomic E-state index is 11.6. The van der Waals surface area contributed by atoms with Crippen LogP contribution in [0.3, 0.4) is 0 Å². The first-order chi connectivity index (χ1) is 6.45. The molecule has 0 aromatic carbocycles. The van der Waals surface area contributed by atoms with Gasteiger partial charge in [0, 0.05) is 17.8 Å². The molecule has 14 heavy (non-hydrogen) atoms. The van der Waals surface area contributed by atoms with E-state index in [1.54, 1.807) is 10.6 Å². The molecule has 0 radical (unpaired) electrons. The Morgan fingerprint density at radius 1 is 1.21 bits per heavy atom. The predicted octanol–water partition coefficient (Wildman–Crippen LogP) is 2.13. The molecule has 1 heterocycles. The molecule has 0 fully saturated rings. The summed E-state index contributed by atoms with van der Waals surface area (Å²) >= 11 is 0. The molecule has 1 aromatic heterocycles. The van der Waals surface area contributed by atoms with Gasteiger partial charge in [-0.05, 0) is 25.8 Å². The van der Waals surface area contributed by atoms with Crippen LogP contribution in [0.2, 0.25) is 0 Å². The van der Waals surface area contributed by atoms with Crippen molar-refractivity contribution in [2.45, 2.75) is 39.7 Å². The third-order valence-corrected chi connectivity index (χ3v) is 2.26. The molecule has 0 aliphatic rings. The molecule has 0 saturated heterocycles. The summed E-state index contributed by atoms with van der Waals surface area (Å²) < 4.78 is 1.76. The fourth-order valence-corrected chi connectivity index (χ4v) is 1.73. The van der Waals surface area contributed by atoms with Gasteiger partial charge in [-0.1, -0.05) is 13.8 Å². The van der Waals surface area contributed by atoms with Gasteiger partial charge in [-0.25, -0.2) is 0 Å². The standard InChI is InChI=1S/C11H18N2O/c1-7(2)11-9(12)5-6-10(14)13(11)8(3)4/h5-8H,12H2,1-4H3. The zero-order valence-corrected chi connectivity index (χ0v) is 9.24. The third kappa shape index (κ3) is 1.81. The highest BCUT2D eigenvalue weighted by Gasteiger charge is 2.13. The number of nitrogen functional groups attached to an aromatic ring is 1. The average molecular weight is 194 g/mol. The number of rotatable bonds is 2. The first kappa shape index (κ1) is 10.8. The Balaban J connectivity index is 3.50. The molecule has 1 aromatic rings. The Hall–Kier alpha value is -1.25. The van der Waals surface area contributed by atoms with Gasteiger partial charge in [0.05, 0.1) is 5.69 Å². The Kier molecular flexibility index (Phi) is 2.99. The molecule has 0 atom stereocenters. The van der Waals surface area contributed by atoms with Gasteiger partial charge in [-0.3, -0.25) is 4.79 Å². The molecule has 0 saturated carbocycles. The number of nitrogens with zero attached hydrogens (tertiary/aromatic N) is 1. The van der Waals surface area contributed by atoms with E-state index in [1.165, 1.54) is 6.07 Å². The zero-order chi connectivity index (χ0) is 10.9. The molecular formula is C11H18N2O. The number of hydrogen-bond donors (Lipinski definition) is 1. The second-order valence-electron chi connectivity index (χ2n) is 4.13. The van der Waals surface area contributed by atoms with Crippen molar-refractivity contribution < 1.29 is 0 Å². The molecule has 3 nitrogen and oxygen atoms in total. The van der Waals surface area contributed by atoms with Crippen molar-refractivity contribution in [1.29, 1.82) is 0 Å². The van der Waals surface area contributed by atoms with E-state index in [0.717, 1.165) is 5.69 Å². The van der Waals surface area contributed by atoms with Crippen LogP contribution >= 0.6 is 0 Å². The molecule has 0 unspecified atom stereocenters. The van der Waals surface area contributed by atoms with Crippen molar-refractivity contribution in [3.05, 3.63) is 28.2 Å². The van der Waals surface area contributed by atoms with Crippen LogP contribution in [-0.4, -0.2) is 4.57 Å². The number of aromatic nitrogens is 1. The molecular weight excluding hydrogens is 176 g/mol. The molecule has 0 aliphatic heterocycles. The van der Waals surface area contributed by atoms with Gasteiger partial charge in [0.25, 0.3) is 5.56 Å². The monoisotopic (exact) mass is 194 g/mol. The van der Waals surface area contributed by atoms with Crippen LogP contribution in [-0.2, 0) is 0 Å². The number of anilines is 1. The lowest BCUT2D eigenvalue weighted by Crippen LogP contribution is -2.26. The minimum Gasteiger partial charge on any atom is -0.397 e. The van der Waals surface area contributed by atoms with Gasteiger partial charge in [0.2, 0.25) is 0 Å². The fourth-order valence-electron chi connectivity index (χ4n) is 1.73. The highest BCUT2D eigenvalue weighted by Crippen LogP contribution is 2.22. The first-order valence-corrected chi connectivity index (χ1v) is 4.96. The van der Waals surface area contributed by atoms with Crippen LogP contribution in [0.15, 0.2) is 16.9 Å². The van der Waals surface area contributed by atoms with E-state index < -0.39 is 0 Å². The molecule has 78 valence electrons. The van der Waals surface area contributed by atoms with Crippen LogP contribution in [0.4, 0.5) is 5.69 Å². The normalized spacial score (nSPS) is 11.3. The van der Waals surface area contributed by atoms with E-state index >= 15 is 0 Å². The number of pyridine rings is 1. The van der Waals surface area contributed by atoms with Crippen molar-refractivity contribution in [3.63, 3.8) is 0 Å². The second-order valence-corrected chi connectivity index (χ2v) is 4.13. The summed E-state index contributed by atoms with van der Waals surface area (Å²) in [5.41, 5.74) is 7.53. The van der Waals surface area contributed by atoms with Gasteiger partial charge < -0.3 is 10.3 Å². The van der Waals surface area contributed by atoms with Crippen molar-refractivity contribution in [3.8, 4) is 0 Å². The van der Waals surface area contributed by atoms with Crippen LogP contribution in [0.5, 0.6) is 0 Å². The van der Waals surface area contributed by atoms with E-state index in [4.69, 9.17) is 5.73 Å². The summed E-state index contributed by atoms with van der Waals surface area (Å²) in [5.74, 6) is 0.270. The molecule has 2 N–H and O–H groups in total. The van der Waals surface area contributed by atoms with Crippen LogP contribution in [0, 0.1) is 0 Å². The van der Waals surface area contributed by atoms with Crippen molar-refractivity contribution >= 4 is 5.69 Å².